The first-order valence-corrected chi connectivity index (χ1v) is 5.73. The first-order chi connectivity index (χ1) is 6.75. The third-order valence-corrected chi connectivity index (χ3v) is 3.12. The third-order valence-electron chi connectivity index (χ3n) is 2.65. The molecule has 0 spiro atoms. The van der Waals surface area contributed by atoms with Gasteiger partial charge in [-0.1, -0.05) is 0 Å². The lowest BCUT2D eigenvalue weighted by atomic mass is 10.3. The summed E-state index contributed by atoms with van der Waals surface area (Å²) in [5.41, 5.74) is 0. The number of aromatic nitrogens is 1. The van der Waals surface area contributed by atoms with Gasteiger partial charge in [0.05, 0.1) is 33.2 Å². The predicted octanol–water partition coefficient (Wildman–Crippen LogP) is 0.179. The molecule has 1 aliphatic heterocycles. The first kappa shape index (κ1) is 9.93. The lowest BCUT2D eigenvalue weighted by Crippen LogP contribution is -3.12. The summed E-state index contributed by atoms with van der Waals surface area (Å²) in [4.78, 5) is 8.35. The molecule has 0 radical (unpaired) electrons. The quantitative estimate of drug-likeness (QED) is 0.774. The summed E-state index contributed by atoms with van der Waals surface area (Å²) in [5, 5.41) is 0. The molecule has 0 bridgehead atoms. The normalized spacial score (nSPS) is 18.6. The Hall–Kier alpha value is -0.610. The third kappa shape index (κ3) is 2.25. The highest BCUT2D eigenvalue weighted by molar-refractivity contribution is 9.10. The summed E-state index contributed by atoms with van der Waals surface area (Å²) in [7, 11) is 2.24. The molecule has 1 fully saturated rings. The molecule has 0 saturated carbocycles. The molecule has 0 atom stereocenters. The van der Waals surface area contributed by atoms with Gasteiger partial charge in [-0.25, -0.2) is 4.98 Å². The standard InChI is InChI=1S/C10H14BrN3/c1-13-4-6-14(7-5-13)10-3-2-9(11)8-12-10/h2-3,8H,4-7H2,1H3/p+1. The number of halogens is 1. The van der Waals surface area contributed by atoms with Gasteiger partial charge in [-0.05, 0) is 28.1 Å². The molecule has 1 N–H and O–H groups in total. The van der Waals surface area contributed by atoms with Crippen LogP contribution in [-0.4, -0.2) is 38.2 Å². The minimum absolute atomic E-state index is 1.04. The fourth-order valence-electron chi connectivity index (χ4n) is 1.67. The van der Waals surface area contributed by atoms with Gasteiger partial charge in [0.25, 0.3) is 0 Å². The topological polar surface area (TPSA) is 20.6 Å². The fraction of sp³-hybridized carbons (Fsp3) is 0.500. The summed E-state index contributed by atoms with van der Waals surface area (Å²) >= 11 is 3.39. The average Bonchev–Trinajstić information content (AvgIpc) is 2.21. The Morgan fingerprint density at radius 1 is 1.36 bits per heavy atom. The number of likely N-dealkylation sites (N-methyl/N-ethyl adjacent to an activating group) is 1. The van der Waals surface area contributed by atoms with E-state index in [-0.39, 0.29) is 0 Å². The van der Waals surface area contributed by atoms with Gasteiger partial charge in [0.1, 0.15) is 5.82 Å². The zero-order valence-corrected chi connectivity index (χ0v) is 9.92. The van der Waals surface area contributed by atoms with Crippen molar-refractivity contribution in [2.24, 2.45) is 0 Å². The van der Waals surface area contributed by atoms with Crippen LogP contribution in [0, 0.1) is 0 Å². The van der Waals surface area contributed by atoms with Crippen molar-refractivity contribution in [1.82, 2.24) is 4.98 Å². The average molecular weight is 257 g/mol. The lowest BCUT2D eigenvalue weighted by Gasteiger charge is -2.30. The van der Waals surface area contributed by atoms with Crippen LogP contribution >= 0.6 is 15.9 Å². The van der Waals surface area contributed by atoms with E-state index in [0.29, 0.717) is 0 Å². The second-order valence-electron chi connectivity index (χ2n) is 3.78. The van der Waals surface area contributed by atoms with Crippen molar-refractivity contribution in [3.8, 4) is 0 Å². The largest absolute Gasteiger partial charge is 0.345 e. The molecule has 1 aromatic heterocycles. The van der Waals surface area contributed by atoms with Gasteiger partial charge < -0.3 is 9.80 Å². The number of piperazine rings is 1. The maximum atomic E-state index is 4.40. The zero-order chi connectivity index (χ0) is 9.97. The van der Waals surface area contributed by atoms with Crippen molar-refractivity contribution in [2.45, 2.75) is 0 Å². The van der Waals surface area contributed by atoms with E-state index < -0.39 is 0 Å². The molecular formula is C10H15BrN3+. The molecule has 1 aromatic rings. The van der Waals surface area contributed by atoms with Gasteiger partial charge in [0.2, 0.25) is 0 Å². The Balaban J connectivity index is 2.05. The van der Waals surface area contributed by atoms with E-state index in [2.05, 4.69) is 38.9 Å². The van der Waals surface area contributed by atoms with E-state index in [1.54, 1.807) is 4.90 Å². The molecule has 0 aromatic carbocycles. The summed E-state index contributed by atoms with van der Waals surface area (Å²) in [5.74, 6) is 1.10. The Morgan fingerprint density at radius 2 is 2.07 bits per heavy atom. The van der Waals surface area contributed by atoms with E-state index in [1.807, 2.05) is 12.3 Å². The fourth-order valence-corrected chi connectivity index (χ4v) is 1.91. The van der Waals surface area contributed by atoms with Gasteiger partial charge >= 0.3 is 0 Å². The number of nitrogens with zero attached hydrogens (tertiary/aromatic N) is 2. The van der Waals surface area contributed by atoms with Gasteiger partial charge in [-0.15, -0.1) is 0 Å². The van der Waals surface area contributed by atoms with E-state index in [1.165, 1.54) is 13.1 Å². The molecule has 2 rings (SSSR count). The first-order valence-electron chi connectivity index (χ1n) is 4.93. The highest BCUT2D eigenvalue weighted by Gasteiger charge is 2.17. The van der Waals surface area contributed by atoms with E-state index in [9.17, 15) is 0 Å². The molecule has 4 heteroatoms. The molecule has 0 amide bonds. The molecule has 1 saturated heterocycles. The van der Waals surface area contributed by atoms with Crippen molar-refractivity contribution in [3.63, 3.8) is 0 Å². The van der Waals surface area contributed by atoms with Gasteiger partial charge in [0, 0.05) is 10.7 Å². The van der Waals surface area contributed by atoms with Crippen LogP contribution < -0.4 is 9.80 Å². The smallest absolute Gasteiger partial charge is 0.128 e. The molecule has 2 heterocycles. The number of quaternary nitrogens is 1. The zero-order valence-electron chi connectivity index (χ0n) is 8.33. The van der Waals surface area contributed by atoms with Gasteiger partial charge in [0.15, 0.2) is 0 Å². The van der Waals surface area contributed by atoms with Crippen LogP contribution in [0.3, 0.4) is 0 Å². The minimum Gasteiger partial charge on any atom is -0.345 e. The number of rotatable bonds is 1. The number of hydrogen-bond acceptors (Lipinski definition) is 2. The molecule has 14 heavy (non-hydrogen) atoms. The summed E-state index contributed by atoms with van der Waals surface area (Å²) in [6, 6.07) is 4.12. The highest BCUT2D eigenvalue weighted by atomic mass is 79.9. The Bertz CT molecular complexity index is 291. The summed E-state index contributed by atoms with van der Waals surface area (Å²) < 4.78 is 1.04. The molecule has 3 nitrogen and oxygen atoms in total. The highest BCUT2D eigenvalue weighted by Crippen LogP contribution is 2.14. The van der Waals surface area contributed by atoms with Gasteiger partial charge in [-0.3, -0.25) is 0 Å². The van der Waals surface area contributed by atoms with E-state index in [0.717, 1.165) is 23.4 Å². The molecule has 76 valence electrons. The number of anilines is 1. The Kier molecular flexibility index (Phi) is 3.03. The van der Waals surface area contributed by atoms with Crippen molar-refractivity contribution in [3.05, 3.63) is 22.8 Å². The monoisotopic (exact) mass is 256 g/mol. The van der Waals surface area contributed by atoms with Crippen LogP contribution in [0.4, 0.5) is 5.82 Å². The van der Waals surface area contributed by atoms with Crippen LogP contribution in [0.5, 0.6) is 0 Å². The number of hydrogen-bond donors (Lipinski definition) is 1. The van der Waals surface area contributed by atoms with Crippen molar-refractivity contribution < 1.29 is 4.90 Å². The molecule has 0 unspecified atom stereocenters. The molecule has 0 aliphatic carbocycles. The maximum absolute atomic E-state index is 4.40. The molecule has 1 aliphatic rings. The Labute approximate surface area is 92.9 Å². The summed E-state index contributed by atoms with van der Waals surface area (Å²) in [6.45, 7) is 4.64. The maximum Gasteiger partial charge on any atom is 0.128 e. The second-order valence-corrected chi connectivity index (χ2v) is 4.69. The summed E-state index contributed by atoms with van der Waals surface area (Å²) in [6.07, 6.45) is 1.86. The van der Waals surface area contributed by atoms with Crippen molar-refractivity contribution in [1.29, 1.82) is 0 Å². The SMILES string of the molecule is C[NH+]1CCN(c2ccc(Br)cn2)CC1. The van der Waals surface area contributed by atoms with E-state index >= 15 is 0 Å². The van der Waals surface area contributed by atoms with Crippen molar-refractivity contribution >= 4 is 21.7 Å². The van der Waals surface area contributed by atoms with Crippen LogP contribution in [0.2, 0.25) is 0 Å². The number of pyridine rings is 1. The predicted molar refractivity (Wildman–Crippen MR) is 60.8 cm³/mol. The van der Waals surface area contributed by atoms with Crippen LogP contribution in [0.15, 0.2) is 22.8 Å². The van der Waals surface area contributed by atoms with Crippen molar-refractivity contribution in [2.75, 3.05) is 38.1 Å². The van der Waals surface area contributed by atoms with Crippen LogP contribution in [0.25, 0.3) is 0 Å². The van der Waals surface area contributed by atoms with E-state index in [4.69, 9.17) is 0 Å². The second kappa shape index (κ2) is 4.28. The van der Waals surface area contributed by atoms with Crippen LogP contribution in [0.1, 0.15) is 0 Å². The Morgan fingerprint density at radius 3 is 2.64 bits per heavy atom. The molecular weight excluding hydrogens is 242 g/mol. The van der Waals surface area contributed by atoms with Gasteiger partial charge in [-0.2, -0.15) is 0 Å². The lowest BCUT2D eigenvalue weighted by molar-refractivity contribution is -0.880. The minimum atomic E-state index is 1.04. The van der Waals surface area contributed by atoms with Crippen LogP contribution in [-0.2, 0) is 0 Å². The number of nitrogens with one attached hydrogen (secondary N) is 1.